The van der Waals surface area contributed by atoms with Crippen molar-refractivity contribution in [2.45, 2.75) is 6.42 Å². The Kier molecular flexibility index (Phi) is 4.65. The fourth-order valence-corrected chi connectivity index (χ4v) is 1.27. The van der Waals surface area contributed by atoms with Crippen LogP contribution in [0.4, 0.5) is 10.1 Å². The van der Waals surface area contributed by atoms with E-state index in [1.165, 1.54) is 11.0 Å². The van der Waals surface area contributed by atoms with Crippen LogP contribution >= 0.6 is 0 Å². The fraction of sp³-hybridized carbons (Fsp3) is 0.333. The molecular formula is C12H15FN2O3. The topological polar surface area (TPSA) is 72.6 Å². The standard InChI is InChI=1S/C12H15FN2O3/c1-15(2)11(16)3-4-18-12(17)8-5-9(13)7-10(14)6-8/h5-7H,3-4,14H2,1-2H3. The van der Waals surface area contributed by atoms with Crippen molar-refractivity contribution in [2.75, 3.05) is 26.4 Å². The summed E-state index contributed by atoms with van der Waals surface area (Å²) in [5, 5.41) is 0. The normalized spacial score (nSPS) is 9.94. The smallest absolute Gasteiger partial charge is 0.338 e. The van der Waals surface area contributed by atoms with Gasteiger partial charge < -0.3 is 15.4 Å². The summed E-state index contributed by atoms with van der Waals surface area (Å²) in [7, 11) is 3.22. The molecule has 18 heavy (non-hydrogen) atoms. The molecule has 0 aliphatic carbocycles. The van der Waals surface area contributed by atoms with Crippen LogP contribution in [0, 0.1) is 5.82 Å². The number of hydrogen-bond donors (Lipinski definition) is 1. The molecule has 0 heterocycles. The predicted octanol–water partition coefficient (Wildman–Crippen LogP) is 1.04. The first-order valence-electron chi connectivity index (χ1n) is 5.33. The predicted molar refractivity (Wildman–Crippen MR) is 64.4 cm³/mol. The Morgan fingerprint density at radius 1 is 1.33 bits per heavy atom. The Hall–Kier alpha value is -2.11. The average Bonchev–Trinajstić information content (AvgIpc) is 2.27. The van der Waals surface area contributed by atoms with Gasteiger partial charge in [0.1, 0.15) is 12.4 Å². The van der Waals surface area contributed by atoms with Crippen molar-refractivity contribution in [2.24, 2.45) is 0 Å². The van der Waals surface area contributed by atoms with Gasteiger partial charge >= 0.3 is 5.97 Å². The molecular weight excluding hydrogens is 239 g/mol. The van der Waals surface area contributed by atoms with Crippen molar-refractivity contribution >= 4 is 17.6 Å². The summed E-state index contributed by atoms with van der Waals surface area (Å²) >= 11 is 0. The van der Waals surface area contributed by atoms with Crippen molar-refractivity contribution in [3.63, 3.8) is 0 Å². The molecule has 1 aromatic carbocycles. The van der Waals surface area contributed by atoms with Crippen LogP contribution in [0.15, 0.2) is 18.2 Å². The maximum Gasteiger partial charge on any atom is 0.338 e. The number of benzene rings is 1. The van der Waals surface area contributed by atoms with E-state index in [1.807, 2.05) is 0 Å². The number of rotatable bonds is 4. The molecule has 0 saturated heterocycles. The van der Waals surface area contributed by atoms with E-state index in [0.717, 1.165) is 12.1 Å². The molecule has 98 valence electrons. The summed E-state index contributed by atoms with van der Waals surface area (Å²) in [5.41, 5.74) is 5.58. The second kappa shape index (κ2) is 6.00. The summed E-state index contributed by atoms with van der Waals surface area (Å²) in [6, 6.07) is 3.46. The largest absolute Gasteiger partial charge is 0.462 e. The maximum atomic E-state index is 13.0. The minimum atomic E-state index is -0.701. The van der Waals surface area contributed by atoms with E-state index in [4.69, 9.17) is 10.5 Å². The van der Waals surface area contributed by atoms with Crippen molar-refractivity contribution in [3.05, 3.63) is 29.6 Å². The molecule has 0 spiro atoms. The monoisotopic (exact) mass is 254 g/mol. The highest BCUT2D eigenvalue weighted by Gasteiger charge is 2.11. The van der Waals surface area contributed by atoms with Crippen LogP contribution in [0.25, 0.3) is 0 Å². The number of nitrogen functional groups attached to an aromatic ring is 1. The van der Waals surface area contributed by atoms with Gasteiger partial charge in [-0.2, -0.15) is 0 Å². The SMILES string of the molecule is CN(C)C(=O)CCOC(=O)c1cc(N)cc(F)c1. The molecule has 0 aromatic heterocycles. The van der Waals surface area contributed by atoms with Crippen LogP contribution in [0.3, 0.4) is 0 Å². The molecule has 0 aliphatic heterocycles. The van der Waals surface area contributed by atoms with E-state index in [1.54, 1.807) is 14.1 Å². The lowest BCUT2D eigenvalue weighted by Crippen LogP contribution is -2.23. The first-order chi connectivity index (χ1) is 8.40. The highest BCUT2D eigenvalue weighted by molar-refractivity contribution is 5.90. The number of carbonyl (C=O) groups is 2. The van der Waals surface area contributed by atoms with Crippen molar-refractivity contribution in [1.29, 1.82) is 0 Å². The van der Waals surface area contributed by atoms with Gasteiger partial charge in [-0.15, -0.1) is 0 Å². The number of amides is 1. The zero-order chi connectivity index (χ0) is 13.7. The highest BCUT2D eigenvalue weighted by atomic mass is 19.1. The van der Waals surface area contributed by atoms with E-state index in [9.17, 15) is 14.0 Å². The van der Waals surface area contributed by atoms with Gasteiger partial charge in [0.15, 0.2) is 0 Å². The van der Waals surface area contributed by atoms with E-state index in [2.05, 4.69) is 0 Å². The number of esters is 1. The average molecular weight is 254 g/mol. The third-order valence-corrected chi connectivity index (χ3v) is 2.20. The molecule has 0 fully saturated rings. The molecule has 1 aromatic rings. The second-order valence-electron chi connectivity index (χ2n) is 3.95. The lowest BCUT2D eigenvalue weighted by Gasteiger charge is -2.10. The molecule has 6 heteroatoms. The molecule has 1 amide bonds. The number of anilines is 1. The maximum absolute atomic E-state index is 13.0. The van der Waals surface area contributed by atoms with E-state index >= 15 is 0 Å². The fourth-order valence-electron chi connectivity index (χ4n) is 1.27. The molecule has 0 unspecified atom stereocenters. The van der Waals surface area contributed by atoms with E-state index in [0.29, 0.717) is 0 Å². The van der Waals surface area contributed by atoms with Crippen LogP contribution < -0.4 is 5.73 Å². The Balaban J connectivity index is 2.53. The van der Waals surface area contributed by atoms with Gasteiger partial charge in [-0.1, -0.05) is 0 Å². The van der Waals surface area contributed by atoms with Gasteiger partial charge in [-0.05, 0) is 18.2 Å². The lowest BCUT2D eigenvalue weighted by atomic mass is 10.2. The Morgan fingerprint density at radius 2 is 2.00 bits per heavy atom. The first kappa shape index (κ1) is 14.0. The zero-order valence-corrected chi connectivity index (χ0v) is 10.3. The quantitative estimate of drug-likeness (QED) is 0.643. The number of nitrogens with zero attached hydrogens (tertiary/aromatic N) is 1. The minimum Gasteiger partial charge on any atom is -0.462 e. The van der Waals surface area contributed by atoms with Gasteiger partial charge in [0.25, 0.3) is 0 Å². The minimum absolute atomic E-state index is 0.0322. The lowest BCUT2D eigenvalue weighted by molar-refractivity contribution is -0.129. The molecule has 0 saturated carbocycles. The van der Waals surface area contributed by atoms with Gasteiger partial charge in [-0.3, -0.25) is 4.79 Å². The van der Waals surface area contributed by atoms with Crippen molar-refractivity contribution in [1.82, 2.24) is 4.90 Å². The summed E-state index contributed by atoms with van der Waals surface area (Å²) in [5.74, 6) is -1.46. The summed E-state index contributed by atoms with van der Waals surface area (Å²) in [4.78, 5) is 24.2. The first-order valence-corrected chi connectivity index (χ1v) is 5.33. The molecule has 0 radical (unpaired) electrons. The third-order valence-electron chi connectivity index (χ3n) is 2.20. The Bertz CT molecular complexity index is 440. The molecule has 0 bridgehead atoms. The summed E-state index contributed by atoms with van der Waals surface area (Å²) in [6.07, 6.45) is 0.0868. The van der Waals surface area contributed by atoms with E-state index in [-0.39, 0.29) is 30.2 Å². The van der Waals surface area contributed by atoms with Crippen molar-refractivity contribution < 1.29 is 18.7 Å². The van der Waals surface area contributed by atoms with E-state index < -0.39 is 11.8 Å². The van der Waals surface area contributed by atoms with Crippen LogP contribution in [0.5, 0.6) is 0 Å². The molecule has 0 atom stereocenters. The molecule has 2 N–H and O–H groups in total. The number of carbonyl (C=O) groups excluding carboxylic acids is 2. The third kappa shape index (κ3) is 4.04. The van der Waals surface area contributed by atoms with Gasteiger partial charge in [-0.25, -0.2) is 9.18 Å². The highest BCUT2D eigenvalue weighted by Crippen LogP contribution is 2.11. The molecule has 1 rings (SSSR count). The summed E-state index contributed by atoms with van der Waals surface area (Å²) in [6.45, 7) is -0.0493. The van der Waals surface area contributed by atoms with Gasteiger partial charge in [0, 0.05) is 19.8 Å². The van der Waals surface area contributed by atoms with Crippen LogP contribution in [-0.2, 0) is 9.53 Å². The van der Waals surface area contributed by atoms with Gasteiger partial charge in [0.05, 0.1) is 12.0 Å². The number of hydrogen-bond acceptors (Lipinski definition) is 4. The zero-order valence-electron chi connectivity index (χ0n) is 10.3. The number of ether oxygens (including phenoxy) is 1. The number of halogens is 1. The summed E-state index contributed by atoms with van der Waals surface area (Å²) < 4.78 is 17.8. The van der Waals surface area contributed by atoms with Crippen LogP contribution in [-0.4, -0.2) is 37.5 Å². The Morgan fingerprint density at radius 3 is 2.56 bits per heavy atom. The second-order valence-corrected chi connectivity index (χ2v) is 3.95. The Labute approximate surface area is 104 Å². The molecule has 0 aliphatic rings. The van der Waals surface area contributed by atoms with Crippen molar-refractivity contribution in [3.8, 4) is 0 Å². The van der Waals surface area contributed by atoms with Crippen LogP contribution in [0.2, 0.25) is 0 Å². The van der Waals surface area contributed by atoms with Gasteiger partial charge in [0.2, 0.25) is 5.91 Å². The van der Waals surface area contributed by atoms with Crippen LogP contribution in [0.1, 0.15) is 16.8 Å². The number of nitrogens with two attached hydrogens (primary N) is 1. The molecule has 5 nitrogen and oxygen atoms in total.